The van der Waals surface area contributed by atoms with Gasteiger partial charge in [0.25, 0.3) is 5.91 Å². The Hall–Kier alpha value is -3.57. The smallest absolute Gasteiger partial charge is 0.327 e. The number of benzene rings is 1. The van der Waals surface area contributed by atoms with Gasteiger partial charge in [-0.25, -0.2) is 5.06 Å². The van der Waals surface area contributed by atoms with Crippen LogP contribution in [0.5, 0.6) is 11.8 Å². The Kier molecular flexibility index (Phi) is 6.52. The number of morpholine rings is 1. The highest BCUT2D eigenvalue weighted by molar-refractivity contribution is 5.94. The molecule has 174 valence electrons. The number of rotatable bonds is 5. The molecule has 2 N–H and O–H groups in total. The molecule has 0 radical (unpaired) electrons. The molecule has 1 atom stereocenters. The van der Waals surface area contributed by atoms with E-state index >= 15 is 0 Å². The highest BCUT2D eigenvalue weighted by Gasteiger charge is 2.25. The number of hydroxylamine groups is 2. The molecule has 2 aliphatic heterocycles. The Balaban J connectivity index is 1.66. The number of ether oxygens (including phenoxy) is 2. The lowest BCUT2D eigenvalue weighted by molar-refractivity contribution is -0.00509. The van der Waals surface area contributed by atoms with Crippen LogP contribution in [0, 0.1) is 5.41 Å². The van der Waals surface area contributed by atoms with Crippen molar-refractivity contribution in [3.8, 4) is 11.8 Å². The first-order valence-corrected chi connectivity index (χ1v) is 10.6. The van der Waals surface area contributed by atoms with Gasteiger partial charge in [-0.15, -0.1) is 0 Å². The number of hydrogen-bond acceptors (Lipinski definition) is 9. The Morgan fingerprint density at radius 1 is 1.24 bits per heavy atom. The van der Waals surface area contributed by atoms with E-state index in [1.807, 2.05) is 17.9 Å². The molecule has 0 saturated carbocycles. The van der Waals surface area contributed by atoms with Crippen molar-refractivity contribution in [1.82, 2.24) is 24.9 Å². The van der Waals surface area contributed by atoms with Crippen molar-refractivity contribution in [2.45, 2.75) is 19.4 Å². The highest BCUT2D eigenvalue weighted by atomic mass is 16.5. The number of nitrogens with zero attached hydrogens (tertiary/aromatic N) is 6. The van der Waals surface area contributed by atoms with E-state index < -0.39 is 0 Å². The van der Waals surface area contributed by atoms with Crippen LogP contribution in [0.2, 0.25) is 0 Å². The molecule has 0 spiro atoms. The van der Waals surface area contributed by atoms with Crippen LogP contribution in [0.4, 0.5) is 5.95 Å². The monoisotopic (exact) mass is 453 g/mol. The summed E-state index contributed by atoms with van der Waals surface area (Å²) in [5.41, 5.74) is 1.22. The molecule has 4 rings (SSSR count). The van der Waals surface area contributed by atoms with Gasteiger partial charge in [0.05, 0.1) is 25.8 Å². The Labute approximate surface area is 191 Å². The Bertz CT molecular complexity index is 1070. The van der Waals surface area contributed by atoms with E-state index in [2.05, 4.69) is 15.0 Å². The average molecular weight is 454 g/mol. The van der Waals surface area contributed by atoms with Crippen LogP contribution in [0.3, 0.4) is 0 Å². The summed E-state index contributed by atoms with van der Waals surface area (Å²) in [6.07, 6.45) is 2.10. The summed E-state index contributed by atoms with van der Waals surface area (Å²) >= 11 is 0. The number of amides is 1. The van der Waals surface area contributed by atoms with E-state index in [0.29, 0.717) is 48.4 Å². The molecule has 0 bridgehead atoms. The summed E-state index contributed by atoms with van der Waals surface area (Å²) in [7, 11) is 3.39. The maximum atomic E-state index is 12.1. The third kappa shape index (κ3) is 5.10. The van der Waals surface area contributed by atoms with Crippen LogP contribution in [0.1, 0.15) is 29.5 Å². The maximum Gasteiger partial charge on any atom is 0.327 e. The number of aromatic nitrogens is 3. The van der Waals surface area contributed by atoms with Crippen molar-refractivity contribution in [2.75, 3.05) is 45.3 Å². The quantitative estimate of drug-likeness (QED) is 0.699. The van der Waals surface area contributed by atoms with Crippen molar-refractivity contribution < 1.29 is 19.5 Å². The van der Waals surface area contributed by atoms with E-state index in [0.717, 1.165) is 5.06 Å². The summed E-state index contributed by atoms with van der Waals surface area (Å²) in [4.78, 5) is 29.3. The predicted molar refractivity (Wildman–Crippen MR) is 121 cm³/mol. The first kappa shape index (κ1) is 22.6. The van der Waals surface area contributed by atoms with Gasteiger partial charge < -0.3 is 19.3 Å². The van der Waals surface area contributed by atoms with Crippen molar-refractivity contribution in [3.63, 3.8) is 0 Å². The molecular weight excluding hydrogens is 426 g/mol. The lowest BCUT2D eigenvalue weighted by Gasteiger charge is -2.33. The van der Waals surface area contributed by atoms with Gasteiger partial charge in [0.15, 0.2) is 5.82 Å². The molecule has 11 nitrogen and oxygen atoms in total. The van der Waals surface area contributed by atoms with Gasteiger partial charge >= 0.3 is 6.01 Å². The highest BCUT2D eigenvalue weighted by Crippen LogP contribution is 2.26. The minimum atomic E-state index is -0.101. The molecule has 0 aliphatic carbocycles. The van der Waals surface area contributed by atoms with Gasteiger partial charge in [-0.3, -0.25) is 15.4 Å². The van der Waals surface area contributed by atoms with Gasteiger partial charge in [0.1, 0.15) is 11.6 Å². The maximum absolute atomic E-state index is 12.1. The zero-order valence-electron chi connectivity index (χ0n) is 18.9. The zero-order chi connectivity index (χ0) is 23.5. The van der Waals surface area contributed by atoms with Gasteiger partial charge in [0, 0.05) is 38.2 Å². The van der Waals surface area contributed by atoms with Gasteiger partial charge in [-0.2, -0.15) is 15.0 Å². The Morgan fingerprint density at radius 2 is 2.00 bits per heavy atom. The minimum Gasteiger partial charge on any atom is -0.424 e. The van der Waals surface area contributed by atoms with E-state index in [-0.39, 0.29) is 36.8 Å². The fourth-order valence-corrected chi connectivity index (χ4v) is 3.53. The number of amidine groups is 1. The molecule has 1 amide bonds. The molecule has 1 aromatic heterocycles. The van der Waals surface area contributed by atoms with Crippen molar-refractivity contribution in [1.29, 1.82) is 5.41 Å². The molecular formula is C22H27N7O4. The van der Waals surface area contributed by atoms with Gasteiger partial charge in [0.2, 0.25) is 5.95 Å². The SMILES string of the molecule is CC1COCCN1c1nc(Oc2ccc(C(=O)N(C)C)cc2)nc(C2=CCC(=N)N(O)C2)n1. The third-order valence-electron chi connectivity index (χ3n) is 5.40. The number of hydrogen-bond donors (Lipinski definition) is 2. The van der Waals surface area contributed by atoms with Crippen LogP contribution in [0.25, 0.3) is 5.57 Å². The first-order valence-electron chi connectivity index (χ1n) is 10.6. The number of anilines is 1. The standard InChI is InChI=1S/C22H27N7O4/c1-14-13-32-11-10-28(14)21-24-19(16-6-9-18(23)29(31)12-16)25-22(26-21)33-17-7-4-15(5-8-17)20(30)27(2)3/h4-8,14,23,31H,9-13H2,1-3H3. The van der Waals surface area contributed by atoms with E-state index in [1.54, 1.807) is 38.4 Å². The number of carbonyl (C=O) groups is 1. The summed E-state index contributed by atoms with van der Waals surface area (Å²) < 4.78 is 11.5. The van der Waals surface area contributed by atoms with Crippen molar-refractivity contribution in [3.05, 3.63) is 41.7 Å². The predicted octanol–water partition coefficient (Wildman–Crippen LogP) is 2.05. The van der Waals surface area contributed by atoms with Crippen LogP contribution in [0.15, 0.2) is 30.3 Å². The second-order valence-electron chi connectivity index (χ2n) is 8.12. The zero-order valence-corrected chi connectivity index (χ0v) is 18.9. The van der Waals surface area contributed by atoms with Crippen LogP contribution >= 0.6 is 0 Å². The molecule has 1 aromatic carbocycles. The topological polar surface area (TPSA) is 128 Å². The molecule has 2 aliphatic rings. The van der Waals surface area contributed by atoms with E-state index in [1.165, 1.54) is 4.90 Å². The third-order valence-corrected chi connectivity index (χ3v) is 5.40. The fraction of sp³-hybridized carbons (Fsp3) is 0.409. The molecule has 2 aromatic rings. The molecule has 1 fully saturated rings. The minimum absolute atomic E-state index is 0.0704. The fourth-order valence-electron chi connectivity index (χ4n) is 3.53. The molecule has 1 saturated heterocycles. The number of nitrogens with one attached hydrogen (secondary N) is 1. The largest absolute Gasteiger partial charge is 0.424 e. The van der Waals surface area contributed by atoms with Crippen molar-refractivity contribution in [2.24, 2.45) is 0 Å². The second kappa shape index (κ2) is 9.51. The summed E-state index contributed by atoms with van der Waals surface area (Å²) in [5.74, 6) is 1.32. The molecule has 33 heavy (non-hydrogen) atoms. The average Bonchev–Trinajstić information content (AvgIpc) is 2.81. The molecule has 3 heterocycles. The van der Waals surface area contributed by atoms with E-state index in [9.17, 15) is 10.0 Å². The van der Waals surface area contributed by atoms with Crippen LogP contribution in [-0.2, 0) is 4.74 Å². The second-order valence-corrected chi connectivity index (χ2v) is 8.12. The van der Waals surface area contributed by atoms with Crippen molar-refractivity contribution >= 4 is 23.3 Å². The molecule has 11 heteroatoms. The molecule has 1 unspecified atom stereocenters. The first-order chi connectivity index (χ1) is 15.8. The summed E-state index contributed by atoms with van der Waals surface area (Å²) in [6.45, 7) is 3.87. The van der Waals surface area contributed by atoms with E-state index in [4.69, 9.17) is 14.9 Å². The normalized spacial score (nSPS) is 18.7. The van der Waals surface area contributed by atoms with Crippen LogP contribution < -0.4 is 9.64 Å². The summed E-state index contributed by atoms with van der Waals surface area (Å²) in [6, 6.07) is 6.92. The number of carbonyl (C=O) groups excluding carboxylic acids is 1. The lowest BCUT2D eigenvalue weighted by Crippen LogP contribution is -2.44. The van der Waals surface area contributed by atoms with Gasteiger partial charge in [-0.1, -0.05) is 6.08 Å². The van der Waals surface area contributed by atoms with Gasteiger partial charge in [-0.05, 0) is 31.2 Å². The Morgan fingerprint density at radius 3 is 2.67 bits per heavy atom. The van der Waals surface area contributed by atoms with Crippen LogP contribution in [-0.4, -0.2) is 88.3 Å². The summed E-state index contributed by atoms with van der Waals surface area (Å²) in [5, 5.41) is 18.6. The lowest BCUT2D eigenvalue weighted by atomic mass is 10.1.